The minimum absolute atomic E-state index is 0.115. The number of hydrogen-bond donors (Lipinski definition) is 1. The van der Waals surface area contributed by atoms with Gasteiger partial charge in [-0.1, -0.05) is 0 Å². The summed E-state index contributed by atoms with van der Waals surface area (Å²) >= 11 is 0. The fraction of sp³-hybridized carbons (Fsp3) is 0.889. The van der Waals surface area contributed by atoms with E-state index >= 15 is 0 Å². The predicted molar refractivity (Wildman–Crippen MR) is 49.3 cm³/mol. The lowest BCUT2D eigenvalue weighted by Crippen LogP contribution is -2.30. The van der Waals surface area contributed by atoms with Crippen LogP contribution in [0.25, 0.3) is 0 Å². The van der Waals surface area contributed by atoms with Crippen LogP contribution in [0.3, 0.4) is 0 Å². The van der Waals surface area contributed by atoms with Gasteiger partial charge in [-0.2, -0.15) is 0 Å². The molecule has 2 aliphatic rings. The normalized spacial score (nSPS) is 32.7. The van der Waals surface area contributed by atoms with Gasteiger partial charge < -0.3 is 5.11 Å². The van der Waals surface area contributed by atoms with Crippen molar-refractivity contribution in [2.75, 3.05) is 13.1 Å². The summed E-state index contributed by atoms with van der Waals surface area (Å²) in [6.45, 7) is 1.38. The maximum Gasteiger partial charge on any atom is 0.306 e. The Labute approximate surface area is 82.0 Å². The lowest BCUT2D eigenvalue weighted by Gasteiger charge is -2.27. The molecule has 5 nitrogen and oxygen atoms in total. The van der Waals surface area contributed by atoms with Crippen molar-refractivity contribution < 1.29 is 9.90 Å². The van der Waals surface area contributed by atoms with Gasteiger partial charge in [0.15, 0.2) is 0 Å². The number of rotatable bonds is 3. The molecule has 1 aliphatic heterocycles. The van der Waals surface area contributed by atoms with Crippen molar-refractivity contribution in [2.45, 2.75) is 19.3 Å². The van der Waals surface area contributed by atoms with Crippen LogP contribution in [-0.2, 0) is 4.79 Å². The van der Waals surface area contributed by atoms with Crippen LogP contribution in [0, 0.1) is 22.7 Å². The van der Waals surface area contributed by atoms with Gasteiger partial charge in [0.1, 0.15) is 0 Å². The summed E-state index contributed by atoms with van der Waals surface area (Å²) in [5, 5.41) is 13.2. The molecule has 2 unspecified atom stereocenters. The predicted octanol–water partition coefficient (Wildman–Crippen LogP) is 1.10. The van der Waals surface area contributed by atoms with Crippen LogP contribution >= 0.6 is 0 Å². The molecule has 1 saturated heterocycles. The highest BCUT2D eigenvalue weighted by atomic mass is 16.4. The first-order valence-corrected chi connectivity index (χ1v) is 5.03. The van der Waals surface area contributed by atoms with Crippen molar-refractivity contribution in [3.05, 3.63) is 4.91 Å². The topological polar surface area (TPSA) is 70.0 Å². The second-order valence-corrected chi connectivity index (χ2v) is 4.22. The molecular formula is C9H14N2O3. The van der Waals surface area contributed by atoms with Crippen molar-refractivity contribution in [3.8, 4) is 0 Å². The van der Waals surface area contributed by atoms with Gasteiger partial charge in [0.25, 0.3) is 0 Å². The Morgan fingerprint density at radius 2 is 2.00 bits per heavy atom. The van der Waals surface area contributed by atoms with E-state index in [1.54, 1.807) is 0 Å². The lowest BCUT2D eigenvalue weighted by molar-refractivity contribution is -0.139. The Morgan fingerprint density at radius 3 is 2.43 bits per heavy atom. The third-order valence-electron chi connectivity index (χ3n) is 3.39. The van der Waals surface area contributed by atoms with Crippen LogP contribution in [0.4, 0.5) is 0 Å². The molecule has 0 amide bonds. The number of aliphatic carboxylic acids is 1. The maximum atomic E-state index is 10.7. The molecule has 1 saturated carbocycles. The summed E-state index contributed by atoms with van der Waals surface area (Å²) in [6, 6.07) is 0. The van der Waals surface area contributed by atoms with Crippen LogP contribution in [0.5, 0.6) is 0 Å². The van der Waals surface area contributed by atoms with Gasteiger partial charge >= 0.3 is 5.97 Å². The van der Waals surface area contributed by atoms with E-state index < -0.39 is 5.97 Å². The molecule has 78 valence electrons. The van der Waals surface area contributed by atoms with E-state index in [4.69, 9.17) is 5.11 Å². The van der Waals surface area contributed by atoms with Crippen LogP contribution < -0.4 is 0 Å². The Morgan fingerprint density at radius 1 is 1.36 bits per heavy atom. The molecular weight excluding hydrogens is 184 g/mol. The zero-order valence-electron chi connectivity index (χ0n) is 7.93. The molecule has 0 aromatic rings. The molecule has 1 aliphatic carbocycles. The average Bonchev–Trinajstić information content (AvgIpc) is 2.97. The second-order valence-electron chi connectivity index (χ2n) is 4.22. The van der Waals surface area contributed by atoms with E-state index in [-0.39, 0.29) is 5.92 Å². The highest BCUT2D eigenvalue weighted by Crippen LogP contribution is 2.47. The largest absolute Gasteiger partial charge is 0.481 e. The highest BCUT2D eigenvalue weighted by molar-refractivity contribution is 5.73. The zero-order valence-corrected chi connectivity index (χ0v) is 7.93. The molecule has 1 heterocycles. The summed E-state index contributed by atoms with van der Waals surface area (Å²) in [6.07, 6.45) is 2.66. The molecule has 14 heavy (non-hydrogen) atoms. The number of piperidine rings is 1. The summed E-state index contributed by atoms with van der Waals surface area (Å²) < 4.78 is 0. The Balaban J connectivity index is 1.80. The molecule has 0 spiro atoms. The van der Waals surface area contributed by atoms with E-state index in [0.717, 1.165) is 19.3 Å². The van der Waals surface area contributed by atoms with E-state index in [1.165, 1.54) is 5.01 Å². The maximum absolute atomic E-state index is 10.7. The van der Waals surface area contributed by atoms with Gasteiger partial charge in [-0.15, -0.1) is 4.91 Å². The van der Waals surface area contributed by atoms with E-state index in [9.17, 15) is 9.70 Å². The fourth-order valence-electron chi connectivity index (χ4n) is 2.42. The first-order valence-electron chi connectivity index (χ1n) is 5.03. The summed E-state index contributed by atoms with van der Waals surface area (Å²) in [5.41, 5.74) is 0. The molecule has 5 heteroatoms. The monoisotopic (exact) mass is 198 g/mol. The molecule has 2 atom stereocenters. The number of carbonyl (C=O) groups is 1. The second kappa shape index (κ2) is 3.55. The molecule has 1 N–H and O–H groups in total. The SMILES string of the molecule is O=NN1CCC(C2CC2C(=O)O)CC1. The van der Waals surface area contributed by atoms with E-state index in [2.05, 4.69) is 5.29 Å². The van der Waals surface area contributed by atoms with Crippen molar-refractivity contribution in [3.63, 3.8) is 0 Å². The summed E-state index contributed by atoms with van der Waals surface area (Å²) in [7, 11) is 0. The van der Waals surface area contributed by atoms with Crippen LogP contribution in [0.2, 0.25) is 0 Å². The van der Waals surface area contributed by atoms with Crippen molar-refractivity contribution in [1.29, 1.82) is 0 Å². The molecule has 0 radical (unpaired) electrons. The smallest absolute Gasteiger partial charge is 0.306 e. The Bertz CT molecular complexity index is 248. The molecule has 0 aromatic carbocycles. The van der Waals surface area contributed by atoms with Crippen molar-refractivity contribution in [2.24, 2.45) is 23.0 Å². The minimum atomic E-state index is -0.661. The molecule has 2 rings (SSSR count). The summed E-state index contributed by atoms with van der Waals surface area (Å²) in [5.74, 6) is 0.0806. The van der Waals surface area contributed by atoms with E-state index in [1.807, 2.05) is 0 Å². The molecule has 2 fully saturated rings. The number of hydrogen-bond acceptors (Lipinski definition) is 3. The third kappa shape index (κ3) is 1.71. The first kappa shape index (κ1) is 9.43. The van der Waals surface area contributed by atoms with Gasteiger partial charge in [0.05, 0.1) is 11.2 Å². The van der Waals surface area contributed by atoms with Gasteiger partial charge in [-0.3, -0.25) is 9.80 Å². The van der Waals surface area contributed by atoms with Gasteiger partial charge in [-0.05, 0) is 31.1 Å². The molecule has 0 bridgehead atoms. The minimum Gasteiger partial charge on any atom is -0.481 e. The van der Waals surface area contributed by atoms with Crippen LogP contribution in [0.1, 0.15) is 19.3 Å². The van der Waals surface area contributed by atoms with Gasteiger partial charge in [-0.25, -0.2) is 0 Å². The Kier molecular flexibility index (Phi) is 2.39. The number of nitrogens with zero attached hydrogens (tertiary/aromatic N) is 2. The van der Waals surface area contributed by atoms with Gasteiger partial charge in [0, 0.05) is 13.1 Å². The average molecular weight is 198 g/mol. The quantitative estimate of drug-likeness (QED) is 0.689. The van der Waals surface area contributed by atoms with E-state index in [0.29, 0.717) is 24.9 Å². The number of nitroso groups, excluding NO2 is 1. The van der Waals surface area contributed by atoms with Crippen LogP contribution in [0.15, 0.2) is 5.29 Å². The lowest BCUT2D eigenvalue weighted by atomic mass is 9.91. The molecule has 0 aromatic heterocycles. The Hall–Kier alpha value is -1.13. The van der Waals surface area contributed by atoms with Gasteiger partial charge in [0.2, 0.25) is 0 Å². The van der Waals surface area contributed by atoms with Crippen molar-refractivity contribution >= 4 is 5.97 Å². The first-order chi connectivity index (χ1) is 6.72. The summed E-state index contributed by atoms with van der Waals surface area (Å²) in [4.78, 5) is 20.9. The highest BCUT2D eigenvalue weighted by Gasteiger charge is 2.48. The fourth-order valence-corrected chi connectivity index (χ4v) is 2.42. The zero-order chi connectivity index (χ0) is 10.1. The third-order valence-corrected chi connectivity index (χ3v) is 3.39. The number of carboxylic acids is 1. The van der Waals surface area contributed by atoms with Crippen molar-refractivity contribution in [1.82, 2.24) is 5.01 Å². The number of carboxylic acid groups (broad SMARTS) is 1. The van der Waals surface area contributed by atoms with Crippen LogP contribution in [-0.4, -0.2) is 29.2 Å². The standard InChI is InChI=1S/C9H14N2O3/c12-9(13)8-5-7(8)6-1-3-11(10-14)4-2-6/h6-8H,1-5H2,(H,12,13).